The van der Waals surface area contributed by atoms with Crippen molar-refractivity contribution in [2.24, 2.45) is 0 Å². The van der Waals surface area contributed by atoms with Gasteiger partial charge in [0, 0.05) is 20.2 Å². The lowest BCUT2D eigenvalue weighted by molar-refractivity contribution is 0.979. The summed E-state index contributed by atoms with van der Waals surface area (Å²) in [6.45, 7) is 0. The summed E-state index contributed by atoms with van der Waals surface area (Å²) in [5.74, 6) is 0. The maximum absolute atomic E-state index is 12.8. The summed E-state index contributed by atoms with van der Waals surface area (Å²) < 4.78 is 2.42. The molecule has 2 aliphatic rings. The predicted octanol–water partition coefficient (Wildman–Crippen LogP) is 3.61. The number of aryl methyl sites for hydroxylation is 2. The first-order valence-electron chi connectivity index (χ1n) is 6.85. The fraction of sp³-hybridized carbons (Fsp3) is 0.235. The van der Waals surface area contributed by atoms with Crippen LogP contribution in [0.2, 0.25) is 0 Å². The Bertz CT molecular complexity index is 934. The average Bonchev–Trinajstić information content (AvgIpc) is 2.93. The van der Waals surface area contributed by atoms with Crippen LogP contribution < -0.4 is 5.43 Å². The van der Waals surface area contributed by atoms with Gasteiger partial charge in [-0.2, -0.15) is 0 Å². The Morgan fingerprint density at radius 3 is 2.42 bits per heavy atom. The molecule has 0 radical (unpaired) electrons. The van der Waals surface area contributed by atoms with E-state index in [0.717, 1.165) is 41.2 Å². The summed E-state index contributed by atoms with van der Waals surface area (Å²) in [5, 5.41) is 1.95. The summed E-state index contributed by atoms with van der Waals surface area (Å²) in [4.78, 5) is 12.8. The molecule has 0 fully saturated rings. The summed E-state index contributed by atoms with van der Waals surface area (Å²) in [5.41, 5.74) is 6.21. The highest BCUT2D eigenvalue weighted by molar-refractivity contribution is 7.24. The SMILES string of the molecule is O=c1c2ccccc2sc2c3c4c(c(c12)CC4)CC3. The minimum absolute atomic E-state index is 0.261. The third kappa shape index (κ3) is 1.10. The molecule has 2 aliphatic carbocycles. The van der Waals surface area contributed by atoms with Crippen molar-refractivity contribution in [3.63, 3.8) is 0 Å². The zero-order valence-corrected chi connectivity index (χ0v) is 11.3. The Hall–Kier alpha value is -1.67. The summed E-state index contributed by atoms with van der Waals surface area (Å²) in [7, 11) is 0. The quantitative estimate of drug-likeness (QED) is 0.567. The molecule has 1 heterocycles. The van der Waals surface area contributed by atoms with E-state index in [1.165, 1.54) is 21.4 Å². The Labute approximate surface area is 114 Å². The van der Waals surface area contributed by atoms with Gasteiger partial charge in [0.1, 0.15) is 0 Å². The maximum atomic E-state index is 12.8. The molecule has 1 aromatic heterocycles. The van der Waals surface area contributed by atoms with E-state index in [1.54, 1.807) is 5.56 Å². The molecule has 3 aromatic rings. The Balaban J connectivity index is 2.15. The van der Waals surface area contributed by atoms with E-state index < -0.39 is 0 Å². The lowest BCUT2D eigenvalue weighted by Crippen LogP contribution is -2.04. The third-order valence-electron chi connectivity index (χ3n) is 4.72. The second-order valence-corrected chi connectivity index (χ2v) is 6.60. The van der Waals surface area contributed by atoms with Crippen molar-refractivity contribution in [2.45, 2.75) is 25.7 Å². The lowest BCUT2D eigenvalue weighted by Gasteiger charge is -2.06. The number of hydrogen-bond acceptors (Lipinski definition) is 2. The van der Waals surface area contributed by atoms with Gasteiger partial charge in [0.15, 0.2) is 5.43 Å². The standard InChI is InChI=1S/C17H12OS/c18-16-13-3-1-2-4-14(13)19-17-12-8-6-9-10(12)5-7-11(9)15(16)17/h1-4H,5-8H2. The van der Waals surface area contributed by atoms with E-state index in [9.17, 15) is 4.79 Å². The van der Waals surface area contributed by atoms with Crippen LogP contribution in [0, 0.1) is 0 Å². The highest BCUT2D eigenvalue weighted by atomic mass is 32.1. The second kappa shape index (κ2) is 3.26. The minimum Gasteiger partial charge on any atom is -0.288 e. The Morgan fingerprint density at radius 1 is 0.842 bits per heavy atom. The van der Waals surface area contributed by atoms with Gasteiger partial charge in [-0.15, -0.1) is 11.3 Å². The minimum atomic E-state index is 0.261. The van der Waals surface area contributed by atoms with Crippen LogP contribution in [0.3, 0.4) is 0 Å². The maximum Gasteiger partial charge on any atom is 0.196 e. The molecule has 0 aliphatic heterocycles. The van der Waals surface area contributed by atoms with E-state index in [4.69, 9.17) is 0 Å². The molecule has 4 bridgehead atoms. The predicted molar refractivity (Wildman–Crippen MR) is 80.4 cm³/mol. The van der Waals surface area contributed by atoms with Crippen molar-refractivity contribution in [3.8, 4) is 0 Å². The molecule has 0 atom stereocenters. The van der Waals surface area contributed by atoms with E-state index in [0.29, 0.717) is 0 Å². The first kappa shape index (κ1) is 10.2. The molecular formula is C17H12OS. The van der Waals surface area contributed by atoms with Gasteiger partial charge in [-0.1, -0.05) is 12.1 Å². The van der Waals surface area contributed by atoms with E-state index in [1.807, 2.05) is 29.5 Å². The van der Waals surface area contributed by atoms with Crippen molar-refractivity contribution in [2.75, 3.05) is 0 Å². The van der Waals surface area contributed by atoms with Crippen LogP contribution in [0.4, 0.5) is 0 Å². The molecule has 2 heteroatoms. The second-order valence-electron chi connectivity index (χ2n) is 5.55. The van der Waals surface area contributed by atoms with Gasteiger partial charge in [0.2, 0.25) is 0 Å². The van der Waals surface area contributed by atoms with Crippen LogP contribution in [0.1, 0.15) is 22.3 Å². The van der Waals surface area contributed by atoms with Gasteiger partial charge < -0.3 is 0 Å². The molecule has 1 nitrogen and oxygen atoms in total. The molecule has 2 aromatic carbocycles. The smallest absolute Gasteiger partial charge is 0.196 e. The van der Waals surface area contributed by atoms with Crippen LogP contribution in [0.15, 0.2) is 29.1 Å². The van der Waals surface area contributed by atoms with Gasteiger partial charge in [-0.25, -0.2) is 0 Å². The Kier molecular flexibility index (Phi) is 1.74. The van der Waals surface area contributed by atoms with Crippen LogP contribution >= 0.6 is 11.3 Å². The highest BCUT2D eigenvalue weighted by Gasteiger charge is 2.30. The van der Waals surface area contributed by atoms with Gasteiger partial charge in [-0.3, -0.25) is 4.79 Å². The number of hydrogen-bond donors (Lipinski definition) is 0. The first-order chi connectivity index (χ1) is 9.34. The molecule has 0 amide bonds. The Morgan fingerprint density at radius 2 is 1.53 bits per heavy atom. The van der Waals surface area contributed by atoms with Gasteiger partial charge in [0.05, 0.1) is 0 Å². The topological polar surface area (TPSA) is 17.1 Å². The zero-order valence-electron chi connectivity index (χ0n) is 10.5. The molecule has 0 saturated carbocycles. The summed E-state index contributed by atoms with van der Waals surface area (Å²) in [6.07, 6.45) is 4.56. The van der Waals surface area contributed by atoms with Crippen molar-refractivity contribution < 1.29 is 0 Å². The van der Waals surface area contributed by atoms with Gasteiger partial charge in [-0.05, 0) is 60.1 Å². The van der Waals surface area contributed by atoms with Crippen molar-refractivity contribution in [1.29, 1.82) is 0 Å². The van der Waals surface area contributed by atoms with E-state index in [2.05, 4.69) is 6.07 Å². The zero-order chi connectivity index (χ0) is 12.6. The van der Waals surface area contributed by atoms with E-state index in [-0.39, 0.29) is 5.43 Å². The van der Waals surface area contributed by atoms with Crippen LogP contribution in [-0.4, -0.2) is 0 Å². The average molecular weight is 264 g/mol. The molecule has 0 unspecified atom stereocenters. The molecule has 92 valence electrons. The molecule has 19 heavy (non-hydrogen) atoms. The lowest BCUT2D eigenvalue weighted by atomic mass is 10.0. The monoisotopic (exact) mass is 264 g/mol. The highest BCUT2D eigenvalue weighted by Crippen LogP contribution is 2.43. The fourth-order valence-corrected chi connectivity index (χ4v) is 5.23. The normalized spacial score (nSPS) is 15.8. The van der Waals surface area contributed by atoms with E-state index >= 15 is 0 Å². The van der Waals surface area contributed by atoms with Crippen molar-refractivity contribution >= 4 is 31.5 Å². The van der Waals surface area contributed by atoms with Crippen LogP contribution in [0.5, 0.6) is 0 Å². The summed E-state index contributed by atoms with van der Waals surface area (Å²) >= 11 is 1.82. The van der Waals surface area contributed by atoms with Crippen LogP contribution in [-0.2, 0) is 25.7 Å². The number of fused-ring (bicyclic) bond motifs is 4. The fourth-order valence-electron chi connectivity index (χ4n) is 3.92. The van der Waals surface area contributed by atoms with Gasteiger partial charge >= 0.3 is 0 Å². The van der Waals surface area contributed by atoms with Crippen molar-refractivity contribution in [3.05, 3.63) is 56.7 Å². The third-order valence-corrected chi connectivity index (χ3v) is 5.95. The molecule has 0 N–H and O–H groups in total. The molecule has 5 rings (SSSR count). The number of rotatable bonds is 0. The number of benzene rings is 2. The van der Waals surface area contributed by atoms with Crippen LogP contribution in [0.25, 0.3) is 20.2 Å². The summed E-state index contributed by atoms with van der Waals surface area (Å²) in [6, 6.07) is 8.05. The molecular weight excluding hydrogens is 252 g/mol. The molecule has 0 spiro atoms. The van der Waals surface area contributed by atoms with Gasteiger partial charge in [0.25, 0.3) is 0 Å². The molecule has 0 saturated heterocycles. The largest absolute Gasteiger partial charge is 0.288 e. The first-order valence-corrected chi connectivity index (χ1v) is 7.67. The van der Waals surface area contributed by atoms with Crippen molar-refractivity contribution in [1.82, 2.24) is 0 Å².